The smallest absolute Gasteiger partial charge is 0.337 e. The van der Waals surface area contributed by atoms with Crippen molar-refractivity contribution in [2.45, 2.75) is 12.8 Å². The van der Waals surface area contributed by atoms with E-state index in [1.54, 1.807) is 25.1 Å². The first-order valence-electron chi connectivity index (χ1n) is 10.1. The van der Waals surface area contributed by atoms with Crippen LogP contribution in [0.5, 0.6) is 0 Å². The molecular weight excluding hydrogens is 441 g/mol. The van der Waals surface area contributed by atoms with Crippen LogP contribution in [0.3, 0.4) is 0 Å². The Morgan fingerprint density at radius 3 is 2.61 bits per heavy atom. The molecule has 0 fully saturated rings. The molecule has 1 heterocycles. The summed E-state index contributed by atoms with van der Waals surface area (Å²) < 4.78 is 20.0. The highest BCUT2D eigenvalue weighted by Crippen LogP contribution is 2.41. The molecule has 8 heteroatoms. The van der Waals surface area contributed by atoms with E-state index in [1.807, 2.05) is 18.2 Å². The van der Waals surface area contributed by atoms with E-state index in [4.69, 9.17) is 4.74 Å². The zero-order chi connectivity index (χ0) is 23.8. The maximum atomic E-state index is 14.8. The maximum Gasteiger partial charge on any atom is 0.337 e. The highest BCUT2D eigenvalue weighted by molar-refractivity contribution is 8.03. The minimum absolute atomic E-state index is 0.00984. The summed E-state index contributed by atoms with van der Waals surface area (Å²) in [5, 5.41) is 16.2. The zero-order valence-corrected chi connectivity index (χ0v) is 18.7. The predicted octanol–water partition coefficient (Wildman–Crippen LogP) is 4.62. The van der Waals surface area contributed by atoms with Crippen molar-refractivity contribution in [1.82, 2.24) is 5.32 Å². The molecule has 0 aliphatic carbocycles. The number of rotatable bonds is 8. The number of amides is 1. The highest BCUT2D eigenvalue weighted by atomic mass is 32.2. The molecule has 2 aromatic carbocycles. The van der Waals surface area contributed by atoms with E-state index in [1.165, 1.54) is 24.3 Å². The summed E-state index contributed by atoms with van der Waals surface area (Å²) in [6.07, 6.45) is 1.43. The van der Waals surface area contributed by atoms with Gasteiger partial charge in [0, 0.05) is 16.9 Å². The Hall–Kier alpha value is -3.83. The number of benzene rings is 2. The summed E-state index contributed by atoms with van der Waals surface area (Å²) in [5.74, 6) is -2.46. The van der Waals surface area contributed by atoms with E-state index in [0.29, 0.717) is 16.4 Å². The Labute approximate surface area is 195 Å². The summed E-state index contributed by atoms with van der Waals surface area (Å²) in [4.78, 5) is 25.2. The summed E-state index contributed by atoms with van der Waals surface area (Å²) >= 11 is 1.11. The molecule has 1 aliphatic rings. The SMILES string of the molecule is C=CCOC(=O)C1=C(C)NC(SCC(=O)Nc2ccccc2)=C(C#N)[C@@H]1c1ccccc1F. The number of para-hydroxylation sites is 1. The molecule has 1 amide bonds. The molecule has 0 bridgehead atoms. The van der Waals surface area contributed by atoms with Crippen LogP contribution in [0.2, 0.25) is 0 Å². The Balaban J connectivity index is 1.93. The third kappa shape index (κ3) is 5.70. The second-order valence-electron chi connectivity index (χ2n) is 7.06. The number of halogens is 1. The van der Waals surface area contributed by atoms with Gasteiger partial charge in [0.25, 0.3) is 0 Å². The van der Waals surface area contributed by atoms with E-state index >= 15 is 0 Å². The van der Waals surface area contributed by atoms with Crippen molar-refractivity contribution in [2.24, 2.45) is 0 Å². The van der Waals surface area contributed by atoms with E-state index in [2.05, 4.69) is 23.3 Å². The van der Waals surface area contributed by atoms with Crippen LogP contribution < -0.4 is 10.6 Å². The minimum atomic E-state index is -0.977. The molecule has 0 aromatic heterocycles. The first kappa shape index (κ1) is 23.8. The van der Waals surface area contributed by atoms with Crippen LogP contribution in [0.15, 0.2) is 89.1 Å². The summed E-state index contributed by atoms with van der Waals surface area (Å²) in [5.41, 5.74) is 1.52. The number of thioether (sulfide) groups is 1. The second kappa shape index (κ2) is 11.2. The van der Waals surface area contributed by atoms with Gasteiger partial charge in [-0.2, -0.15) is 5.26 Å². The van der Waals surface area contributed by atoms with Crippen molar-refractivity contribution in [3.05, 3.63) is 101 Å². The van der Waals surface area contributed by atoms with Crippen LogP contribution in [-0.2, 0) is 14.3 Å². The number of carbonyl (C=O) groups excluding carboxylic acids is 2. The molecule has 0 saturated heterocycles. The lowest BCUT2D eigenvalue weighted by molar-refractivity contribution is -0.138. The Morgan fingerprint density at radius 1 is 1.24 bits per heavy atom. The van der Waals surface area contributed by atoms with Gasteiger partial charge >= 0.3 is 5.97 Å². The maximum absolute atomic E-state index is 14.8. The van der Waals surface area contributed by atoms with Crippen molar-refractivity contribution in [3.63, 3.8) is 0 Å². The lowest BCUT2D eigenvalue weighted by atomic mass is 9.82. The molecule has 6 nitrogen and oxygen atoms in total. The predicted molar refractivity (Wildman–Crippen MR) is 126 cm³/mol. The van der Waals surface area contributed by atoms with Crippen LogP contribution in [0.25, 0.3) is 0 Å². The molecule has 1 atom stereocenters. The van der Waals surface area contributed by atoms with Gasteiger partial charge in [-0.15, -0.1) is 0 Å². The van der Waals surface area contributed by atoms with Crippen molar-refractivity contribution in [2.75, 3.05) is 17.7 Å². The van der Waals surface area contributed by atoms with Crippen LogP contribution in [0.4, 0.5) is 10.1 Å². The molecule has 0 spiro atoms. The number of nitrogens with one attached hydrogen (secondary N) is 2. The highest BCUT2D eigenvalue weighted by Gasteiger charge is 2.37. The molecular formula is C25H22FN3O3S. The zero-order valence-electron chi connectivity index (χ0n) is 17.9. The van der Waals surface area contributed by atoms with Gasteiger partial charge in [-0.05, 0) is 25.1 Å². The third-order valence-electron chi connectivity index (χ3n) is 4.82. The fraction of sp³-hybridized carbons (Fsp3) is 0.160. The number of carbonyl (C=O) groups is 2. The second-order valence-corrected chi connectivity index (χ2v) is 8.05. The van der Waals surface area contributed by atoms with Crippen LogP contribution in [-0.4, -0.2) is 24.2 Å². The molecule has 2 aromatic rings. The van der Waals surface area contributed by atoms with Gasteiger partial charge in [-0.3, -0.25) is 4.79 Å². The number of nitrogens with zero attached hydrogens (tertiary/aromatic N) is 1. The van der Waals surface area contributed by atoms with Crippen LogP contribution in [0.1, 0.15) is 18.4 Å². The van der Waals surface area contributed by atoms with Gasteiger partial charge < -0.3 is 15.4 Å². The third-order valence-corrected chi connectivity index (χ3v) is 5.84. The molecule has 168 valence electrons. The number of hydrogen-bond donors (Lipinski definition) is 2. The quantitative estimate of drug-likeness (QED) is 0.438. The Bertz CT molecular complexity index is 1170. The standard InChI is InChI=1S/C25H22FN3O3S/c1-3-13-32-25(31)22-16(2)28-24(33-15-21(30)29-17-9-5-4-6-10-17)19(14-27)23(22)18-11-7-8-12-20(18)26/h3-12,23,28H,1,13,15H2,2H3,(H,29,30)/t23-/m0/s1. The topological polar surface area (TPSA) is 91.2 Å². The van der Waals surface area contributed by atoms with E-state index in [9.17, 15) is 19.2 Å². The summed E-state index contributed by atoms with van der Waals surface area (Å²) in [6.45, 7) is 5.16. The van der Waals surface area contributed by atoms with E-state index in [-0.39, 0.29) is 35.0 Å². The van der Waals surface area contributed by atoms with Gasteiger partial charge in [0.1, 0.15) is 12.4 Å². The number of ether oxygens (including phenoxy) is 1. The van der Waals surface area contributed by atoms with Gasteiger partial charge in [0.2, 0.25) is 5.91 Å². The Kier molecular flexibility index (Phi) is 8.06. The number of esters is 1. The Morgan fingerprint density at radius 2 is 1.94 bits per heavy atom. The lowest BCUT2D eigenvalue weighted by Gasteiger charge is -2.29. The number of anilines is 1. The minimum Gasteiger partial charge on any atom is -0.458 e. The van der Waals surface area contributed by atoms with Gasteiger partial charge in [0.05, 0.1) is 33.9 Å². The van der Waals surface area contributed by atoms with Gasteiger partial charge in [-0.1, -0.05) is 60.8 Å². The summed E-state index contributed by atoms with van der Waals surface area (Å²) in [7, 11) is 0. The number of dihydropyridines is 1. The van der Waals surface area contributed by atoms with Crippen molar-refractivity contribution in [3.8, 4) is 6.07 Å². The number of hydrogen-bond acceptors (Lipinski definition) is 6. The fourth-order valence-electron chi connectivity index (χ4n) is 3.39. The normalized spacial score (nSPS) is 15.4. The van der Waals surface area contributed by atoms with Crippen molar-refractivity contribution in [1.29, 1.82) is 5.26 Å². The van der Waals surface area contributed by atoms with Gasteiger partial charge in [-0.25, -0.2) is 9.18 Å². The average molecular weight is 464 g/mol. The van der Waals surface area contributed by atoms with Crippen molar-refractivity contribution >= 4 is 29.3 Å². The fourth-order valence-corrected chi connectivity index (χ4v) is 4.28. The number of allylic oxidation sites excluding steroid dienone is 2. The molecule has 0 saturated carbocycles. The first-order valence-corrected chi connectivity index (χ1v) is 11.1. The van der Waals surface area contributed by atoms with Crippen LogP contribution >= 0.6 is 11.8 Å². The van der Waals surface area contributed by atoms with E-state index in [0.717, 1.165) is 11.8 Å². The molecule has 1 aliphatic heterocycles. The first-order chi connectivity index (χ1) is 16.0. The summed E-state index contributed by atoms with van der Waals surface area (Å²) in [6, 6.07) is 17.1. The lowest BCUT2D eigenvalue weighted by Crippen LogP contribution is -2.30. The molecule has 0 radical (unpaired) electrons. The van der Waals surface area contributed by atoms with Gasteiger partial charge in [0.15, 0.2) is 0 Å². The van der Waals surface area contributed by atoms with Crippen LogP contribution in [0, 0.1) is 17.1 Å². The number of nitriles is 1. The average Bonchev–Trinajstić information content (AvgIpc) is 2.81. The molecule has 0 unspecified atom stereocenters. The largest absolute Gasteiger partial charge is 0.458 e. The van der Waals surface area contributed by atoms with E-state index < -0.39 is 17.7 Å². The monoisotopic (exact) mass is 463 g/mol. The molecule has 2 N–H and O–H groups in total. The van der Waals surface area contributed by atoms with Crippen molar-refractivity contribution < 1.29 is 18.7 Å². The molecule has 3 rings (SSSR count). The molecule has 33 heavy (non-hydrogen) atoms.